The Morgan fingerprint density at radius 1 is 1.00 bits per heavy atom. The van der Waals surface area contributed by atoms with Crippen molar-refractivity contribution in [1.29, 1.82) is 0 Å². The zero-order valence-corrected chi connectivity index (χ0v) is 19.1. The Kier molecular flexibility index (Phi) is 8.22. The first-order valence-corrected chi connectivity index (χ1v) is 11.3. The second-order valence-corrected chi connectivity index (χ2v) is 8.91. The molecule has 0 radical (unpaired) electrons. The minimum atomic E-state index is -5.80. The minimum absolute atomic E-state index is 0.305. The van der Waals surface area contributed by atoms with Crippen LogP contribution < -0.4 is 4.74 Å². The van der Waals surface area contributed by atoms with Crippen molar-refractivity contribution >= 4 is 23.8 Å². The maximum Gasteiger partial charge on any atom is 0.439 e. The van der Waals surface area contributed by atoms with Crippen LogP contribution in [0.2, 0.25) is 5.02 Å². The third-order valence-corrected chi connectivity index (χ3v) is 6.46. The van der Waals surface area contributed by atoms with Gasteiger partial charge in [-0.1, -0.05) is 55.3 Å². The van der Waals surface area contributed by atoms with Gasteiger partial charge < -0.3 is 4.74 Å². The van der Waals surface area contributed by atoms with Crippen LogP contribution in [-0.4, -0.2) is 18.5 Å². The van der Waals surface area contributed by atoms with Crippen molar-refractivity contribution in [2.24, 2.45) is 5.92 Å². The molecule has 1 aliphatic rings. The van der Waals surface area contributed by atoms with E-state index in [-0.39, 0.29) is 0 Å². The van der Waals surface area contributed by atoms with Crippen LogP contribution in [0.25, 0.3) is 12.2 Å². The third kappa shape index (κ3) is 6.46. The first kappa shape index (κ1) is 26.4. The summed E-state index contributed by atoms with van der Waals surface area (Å²) in [5, 5.41) is -0.449. The first-order valence-electron chi connectivity index (χ1n) is 11.0. The predicted molar refractivity (Wildman–Crippen MR) is 118 cm³/mol. The first-order chi connectivity index (χ1) is 15.9. The van der Waals surface area contributed by atoms with Crippen molar-refractivity contribution < 1.29 is 35.5 Å². The summed E-state index contributed by atoms with van der Waals surface area (Å²) in [5.41, 5.74) is 1.62. The van der Waals surface area contributed by atoms with E-state index < -0.39 is 35.0 Å². The van der Waals surface area contributed by atoms with Crippen molar-refractivity contribution in [1.82, 2.24) is 0 Å². The molecule has 3 rings (SSSR count). The molecule has 1 atom stereocenters. The molecule has 0 amide bonds. The quantitative estimate of drug-likeness (QED) is 0.267. The molecule has 1 unspecified atom stereocenters. The van der Waals surface area contributed by atoms with E-state index in [0.717, 1.165) is 55.7 Å². The lowest BCUT2D eigenvalue weighted by atomic mass is 9.78. The highest BCUT2D eigenvalue weighted by Crippen LogP contribution is 2.39. The van der Waals surface area contributed by atoms with Crippen LogP contribution in [0.5, 0.6) is 5.75 Å². The molecular formula is C25H24ClF7O. The van der Waals surface area contributed by atoms with Crippen LogP contribution in [-0.2, 0) is 0 Å². The second-order valence-electron chi connectivity index (χ2n) is 8.50. The summed E-state index contributed by atoms with van der Waals surface area (Å²) in [6, 6.07) is 8.34. The average molecular weight is 509 g/mol. The van der Waals surface area contributed by atoms with Crippen LogP contribution in [0, 0.1) is 11.7 Å². The topological polar surface area (TPSA) is 9.23 Å². The van der Waals surface area contributed by atoms with Crippen LogP contribution in [0.15, 0.2) is 36.4 Å². The summed E-state index contributed by atoms with van der Waals surface area (Å²) in [6.07, 6.45) is -7.03. The van der Waals surface area contributed by atoms with Crippen molar-refractivity contribution in [3.05, 3.63) is 63.9 Å². The molecule has 0 spiro atoms. The number of alkyl halides is 6. The molecule has 0 saturated heterocycles. The molecule has 186 valence electrons. The maximum absolute atomic E-state index is 14.6. The van der Waals surface area contributed by atoms with E-state index in [2.05, 4.69) is 11.7 Å². The molecule has 2 aromatic carbocycles. The molecular weight excluding hydrogens is 485 g/mol. The summed E-state index contributed by atoms with van der Waals surface area (Å²) in [4.78, 5) is 0. The van der Waals surface area contributed by atoms with Gasteiger partial charge in [-0.3, -0.25) is 0 Å². The molecule has 1 saturated carbocycles. The maximum atomic E-state index is 14.6. The summed E-state index contributed by atoms with van der Waals surface area (Å²) in [5.74, 6) is -0.149. The van der Waals surface area contributed by atoms with Gasteiger partial charge >= 0.3 is 12.3 Å². The monoisotopic (exact) mass is 508 g/mol. The van der Waals surface area contributed by atoms with E-state index in [1.165, 1.54) is 24.3 Å². The predicted octanol–water partition coefficient (Wildman–Crippen LogP) is 9.21. The Hall–Kier alpha value is -2.22. The van der Waals surface area contributed by atoms with Gasteiger partial charge in [0.1, 0.15) is 11.6 Å². The van der Waals surface area contributed by atoms with Gasteiger partial charge in [-0.05, 0) is 66.8 Å². The highest BCUT2D eigenvalue weighted by Gasteiger charge is 2.59. The molecule has 0 aromatic heterocycles. The van der Waals surface area contributed by atoms with Gasteiger partial charge in [0.2, 0.25) is 0 Å². The van der Waals surface area contributed by atoms with Crippen molar-refractivity contribution in [3.8, 4) is 5.75 Å². The molecule has 0 bridgehead atoms. The molecule has 0 heterocycles. The molecule has 2 aromatic rings. The van der Waals surface area contributed by atoms with Gasteiger partial charge in [0.15, 0.2) is 0 Å². The average Bonchev–Trinajstić information content (AvgIpc) is 2.78. The van der Waals surface area contributed by atoms with Gasteiger partial charge in [0.05, 0.1) is 5.02 Å². The van der Waals surface area contributed by atoms with Crippen molar-refractivity contribution in [2.45, 2.75) is 63.4 Å². The summed E-state index contributed by atoms with van der Waals surface area (Å²) in [6.45, 7) is 2.18. The lowest BCUT2D eigenvalue weighted by Crippen LogP contribution is -2.45. The summed E-state index contributed by atoms with van der Waals surface area (Å²) >= 11 is 5.82. The van der Waals surface area contributed by atoms with E-state index >= 15 is 0 Å². The lowest BCUT2D eigenvalue weighted by Gasteiger charge is -2.28. The van der Waals surface area contributed by atoms with Gasteiger partial charge in [0.25, 0.3) is 6.17 Å². The number of hydrogen-bond acceptors (Lipinski definition) is 1. The minimum Gasteiger partial charge on any atom is -0.429 e. The fraction of sp³-hybridized carbons (Fsp3) is 0.440. The Morgan fingerprint density at radius 2 is 1.68 bits per heavy atom. The summed E-state index contributed by atoms with van der Waals surface area (Å²) < 4.78 is 95.3. The zero-order valence-electron chi connectivity index (χ0n) is 18.3. The summed E-state index contributed by atoms with van der Waals surface area (Å²) in [7, 11) is 0. The molecule has 0 N–H and O–H groups in total. The number of hydrogen-bond donors (Lipinski definition) is 0. The molecule has 1 nitrogen and oxygen atoms in total. The zero-order chi connectivity index (χ0) is 25.1. The van der Waals surface area contributed by atoms with Crippen molar-refractivity contribution in [3.63, 3.8) is 0 Å². The molecule has 1 fully saturated rings. The van der Waals surface area contributed by atoms with E-state index in [1.807, 2.05) is 6.07 Å². The van der Waals surface area contributed by atoms with E-state index in [9.17, 15) is 30.7 Å². The third-order valence-electron chi connectivity index (χ3n) is 6.16. The molecule has 9 heteroatoms. The Bertz CT molecular complexity index is 1010. The smallest absolute Gasteiger partial charge is 0.429 e. The normalized spacial score (nSPS) is 20.5. The highest BCUT2D eigenvalue weighted by atomic mass is 35.5. The molecule has 0 aliphatic heterocycles. The highest BCUT2D eigenvalue weighted by molar-refractivity contribution is 6.32. The van der Waals surface area contributed by atoms with Gasteiger partial charge in [0, 0.05) is 5.56 Å². The van der Waals surface area contributed by atoms with Crippen LogP contribution in [0.4, 0.5) is 30.7 Å². The van der Waals surface area contributed by atoms with E-state index in [1.54, 1.807) is 6.07 Å². The molecule has 34 heavy (non-hydrogen) atoms. The number of benzene rings is 2. The van der Waals surface area contributed by atoms with Crippen LogP contribution in [0.3, 0.4) is 0 Å². The van der Waals surface area contributed by atoms with Gasteiger partial charge in [-0.15, -0.1) is 0 Å². The Balaban J connectivity index is 1.68. The molecule has 1 aliphatic carbocycles. The SMILES string of the molecule is CCC1CCC(c2ccc(C=Cc3ccc(OC(F)(F)C(F)C(F)(F)F)c(Cl)c3)c(F)c2)CC1. The standard InChI is InChI=1S/C25H24ClF7O/c1-2-15-3-7-17(8-4-15)19-11-10-18(21(27)14-19)9-5-16-6-12-22(20(26)13-16)34-25(32,33)23(28)24(29,30)31/h5-6,9-15,17,23H,2-4,7-8H2,1H3. The lowest BCUT2D eigenvalue weighted by molar-refractivity contribution is -0.304. The van der Waals surface area contributed by atoms with Gasteiger partial charge in [-0.2, -0.15) is 22.0 Å². The van der Waals surface area contributed by atoms with Crippen molar-refractivity contribution in [2.75, 3.05) is 0 Å². The number of rotatable bonds is 7. The Morgan fingerprint density at radius 3 is 2.24 bits per heavy atom. The number of ether oxygens (including phenoxy) is 1. The number of halogens is 8. The van der Waals surface area contributed by atoms with E-state index in [4.69, 9.17) is 11.6 Å². The van der Waals surface area contributed by atoms with Crippen LogP contribution in [0.1, 0.15) is 61.6 Å². The van der Waals surface area contributed by atoms with E-state index in [0.29, 0.717) is 17.0 Å². The van der Waals surface area contributed by atoms with Crippen LogP contribution >= 0.6 is 11.6 Å². The van der Waals surface area contributed by atoms with Gasteiger partial charge in [-0.25, -0.2) is 8.78 Å². The second kappa shape index (κ2) is 10.6. The largest absolute Gasteiger partial charge is 0.439 e. The fourth-order valence-corrected chi connectivity index (χ4v) is 4.34. The fourth-order valence-electron chi connectivity index (χ4n) is 4.11. The Labute approximate surface area is 198 Å².